The predicted molar refractivity (Wildman–Crippen MR) is 107 cm³/mol. The van der Waals surface area contributed by atoms with E-state index in [0.717, 1.165) is 36.5 Å². The summed E-state index contributed by atoms with van der Waals surface area (Å²) in [6.45, 7) is 5.32. The average molecular weight is 370 g/mol. The summed E-state index contributed by atoms with van der Waals surface area (Å²) in [7, 11) is 1.67. The van der Waals surface area contributed by atoms with Crippen LogP contribution >= 0.6 is 0 Å². The van der Waals surface area contributed by atoms with E-state index in [-0.39, 0.29) is 11.9 Å². The summed E-state index contributed by atoms with van der Waals surface area (Å²) in [5.41, 5.74) is 1.14. The number of likely N-dealkylation sites (N-methyl/N-ethyl adjacent to an activating group) is 1. The number of rotatable bonds is 8. The summed E-state index contributed by atoms with van der Waals surface area (Å²) in [5, 5.41) is 7.48. The molecule has 1 heterocycles. The van der Waals surface area contributed by atoms with E-state index in [0.29, 0.717) is 12.6 Å². The van der Waals surface area contributed by atoms with Crippen LogP contribution in [0.25, 0.3) is 0 Å². The van der Waals surface area contributed by atoms with Gasteiger partial charge in [-0.15, -0.1) is 0 Å². The van der Waals surface area contributed by atoms with Crippen molar-refractivity contribution in [3.63, 3.8) is 0 Å². The lowest BCUT2D eigenvalue weighted by Crippen LogP contribution is -2.35. The molecule has 0 bridgehead atoms. The summed E-state index contributed by atoms with van der Waals surface area (Å²) < 4.78 is 7.30. The standard InChI is InChI=1S/C21H30N4O2/c1-4-24(16(2)17-8-7-11-19(14-17)27-3)15-21(26)23-20-12-13-22-25(20)18-9-5-6-10-18/h7-8,11-14,16,18H,4-6,9-10,15H2,1-3H3,(H,23,26). The number of anilines is 1. The van der Waals surface area contributed by atoms with Crippen molar-refractivity contribution in [1.82, 2.24) is 14.7 Å². The molecule has 0 saturated heterocycles. The van der Waals surface area contributed by atoms with Gasteiger partial charge in [0.1, 0.15) is 11.6 Å². The van der Waals surface area contributed by atoms with E-state index in [1.165, 1.54) is 12.8 Å². The van der Waals surface area contributed by atoms with Gasteiger partial charge in [0.15, 0.2) is 0 Å². The Morgan fingerprint density at radius 1 is 1.37 bits per heavy atom. The topological polar surface area (TPSA) is 59.4 Å². The lowest BCUT2D eigenvalue weighted by molar-refractivity contribution is -0.117. The highest BCUT2D eigenvalue weighted by atomic mass is 16.5. The van der Waals surface area contributed by atoms with Gasteiger partial charge in [0.2, 0.25) is 5.91 Å². The molecule has 1 aliphatic rings. The van der Waals surface area contributed by atoms with Gasteiger partial charge >= 0.3 is 0 Å². The first kappa shape index (κ1) is 19.4. The molecule has 1 aliphatic carbocycles. The van der Waals surface area contributed by atoms with E-state index in [1.54, 1.807) is 13.3 Å². The number of hydrogen-bond acceptors (Lipinski definition) is 4. The first-order valence-electron chi connectivity index (χ1n) is 9.83. The van der Waals surface area contributed by atoms with Crippen molar-refractivity contribution in [2.24, 2.45) is 0 Å². The normalized spacial score (nSPS) is 15.9. The van der Waals surface area contributed by atoms with E-state index < -0.39 is 0 Å². The summed E-state index contributed by atoms with van der Waals surface area (Å²) in [6, 6.07) is 10.4. The number of methoxy groups -OCH3 is 1. The van der Waals surface area contributed by atoms with Crippen LogP contribution in [0.2, 0.25) is 0 Å². The molecular formula is C21H30N4O2. The minimum absolute atomic E-state index is 0.00802. The molecule has 0 radical (unpaired) electrons. The zero-order valence-electron chi connectivity index (χ0n) is 16.5. The molecule has 0 aliphatic heterocycles. The Bertz CT molecular complexity index is 752. The molecule has 6 nitrogen and oxygen atoms in total. The smallest absolute Gasteiger partial charge is 0.239 e. The number of nitrogens with one attached hydrogen (secondary N) is 1. The molecule has 2 aromatic rings. The Balaban J connectivity index is 1.64. The van der Waals surface area contributed by atoms with Crippen LogP contribution in [0.4, 0.5) is 5.82 Å². The largest absolute Gasteiger partial charge is 0.497 e. The third-order valence-electron chi connectivity index (χ3n) is 5.49. The number of benzene rings is 1. The Morgan fingerprint density at radius 2 is 2.15 bits per heavy atom. The molecule has 1 aromatic heterocycles. The third kappa shape index (κ3) is 4.69. The highest BCUT2D eigenvalue weighted by molar-refractivity contribution is 5.91. The van der Waals surface area contributed by atoms with Crippen LogP contribution in [-0.4, -0.2) is 40.8 Å². The fraction of sp³-hybridized carbons (Fsp3) is 0.524. The number of aromatic nitrogens is 2. The average Bonchev–Trinajstić information content (AvgIpc) is 3.37. The zero-order valence-corrected chi connectivity index (χ0v) is 16.5. The summed E-state index contributed by atoms with van der Waals surface area (Å²) in [6.07, 6.45) is 6.51. The SMILES string of the molecule is CCN(CC(=O)Nc1ccnn1C1CCCC1)C(C)c1cccc(OC)c1. The van der Waals surface area contributed by atoms with Crippen molar-refractivity contribution in [3.8, 4) is 5.75 Å². The highest BCUT2D eigenvalue weighted by Crippen LogP contribution is 2.31. The van der Waals surface area contributed by atoms with E-state index in [2.05, 4.69) is 35.2 Å². The number of nitrogens with zero attached hydrogens (tertiary/aromatic N) is 3. The molecule has 1 fully saturated rings. The van der Waals surface area contributed by atoms with Gasteiger partial charge in [-0.05, 0) is 44.0 Å². The maximum Gasteiger partial charge on any atom is 0.239 e. The van der Waals surface area contributed by atoms with Crippen molar-refractivity contribution in [2.75, 3.05) is 25.5 Å². The third-order valence-corrected chi connectivity index (χ3v) is 5.49. The Kier molecular flexibility index (Phi) is 6.50. The second kappa shape index (κ2) is 9.04. The molecule has 1 N–H and O–H groups in total. The van der Waals surface area contributed by atoms with E-state index >= 15 is 0 Å². The van der Waals surface area contributed by atoms with Crippen LogP contribution in [-0.2, 0) is 4.79 Å². The molecule has 1 atom stereocenters. The zero-order chi connectivity index (χ0) is 19.2. The molecule has 1 unspecified atom stereocenters. The van der Waals surface area contributed by atoms with Crippen LogP contribution in [0.3, 0.4) is 0 Å². The van der Waals surface area contributed by atoms with Crippen molar-refractivity contribution in [3.05, 3.63) is 42.1 Å². The Hall–Kier alpha value is -2.34. The van der Waals surface area contributed by atoms with E-state index in [9.17, 15) is 4.79 Å². The fourth-order valence-corrected chi connectivity index (χ4v) is 3.85. The van der Waals surface area contributed by atoms with Crippen molar-refractivity contribution >= 4 is 11.7 Å². The number of hydrogen-bond donors (Lipinski definition) is 1. The second-order valence-electron chi connectivity index (χ2n) is 7.16. The monoisotopic (exact) mass is 370 g/mol. The van der Waals surface area contributed by atoms with Gasteiger partial charge in [0.25, 0.3) is 0 Å². The van der Waals surface area contributed by atoms with E-state index in [1.807, 2.05) is 28.9 Å². The van der Waals surface area contributed by atoms with Gasteiger partial charge in [-0.3, -0.25) is 9.69 Å². The van der Waals surface area contributed by atoms with Gasteiger partial charge < -0.3 is 10.1 Å². The molecule has 146 valence electrons. The quantitative estimate of drug-likeness (QED) is 0.762. The number of amides is 1. The first-order valence-corrected chi connectivity index (χ1v) is 9.83. The maximum absolute atomic E-state index is 12.7. The molecule has 6 heteroatoms. The van der Waals surface area contributed by atoms with Crippen molar-refractivity contribution < 1.29 is 9.53 Å². The van der Waals surface area contributed by atoms with Crippen LogP contribution in [0.1, 0.15) is 57.2 Å². The summed E-state index contributed by atoms with van der Waals surface area (Å²) in [4.78, 5) is 14.8. The van der Waals surface area contributed by atoms with Crippen molar-refractivity contribution in [2.45, 2.75) is 51.6 Å². The Labute approximate surface area is 161 Å². The van der Waals surface area contributed by atoms with Crippen LogP contribution in [0.15, 0.2) is 36.5 Å². The number of carbonyl (C=O) groups excluding carboxylic acids is 1. The summed E-state index contributed by atoms with van der Waals surface area (Å²) in [5.74, 6) is 1.63. The van der Waals surface area contributed by atoms with Crippen LogP contribution in [0.5, 0.6) is 5.75 Å². The van der Waals surface area contributed by atoms with Gasteiger partial charge in [0, 0.05) is 12.1 Å². The molecule has 0 spiro atoms. The van der Waals surface area contributed by atoms with Gasteiger partial charge in [-0.2, -0.15) is 5.10 Å². The van der Waals surface area contributed by atoms with Gasteiger partial charge in [-0.25, -0.2) is 4.68 Å². The minimum atomic E-state index is -0.00802. The number of carbonyl (C=O) groups is 1. The molecule has 27 heavy (non-hydrogen) atoms. The van der Waals surface area contributed by atoms with Crippen LogP contribution in [0, 0.1) is 0 Å². The predicted octanol–water partition coefficient (Wildman–Crippen LogP) is 4.03. The molecule has 1 amide bonds. The molecule has 3 rings (SSSR count). The lowest BCUT2D eigenvalue weighted by Gasteiger charge is -2.28. The van der Waals surface area contributed by atoms with E-state index in [4.69, 9.17) is 4.74 Å². The Morgan fingerprint density at radius 3 is 2.85 bits per heavy atom. The minimum Gasteiger partial charge on any atom is -0.497 e. The molecule has 1 saturated carbocycles. The number of ether oxygens (including phenoxy) is 1. The van der Waals surface area contributed by atoms with Crippen molar-refractivity contribution in [1.29, 1.82) is 0 Å². The van der Waals surface area contributed by atoms with Crippen LogP contribution < -0.4 is 10.1 Å². The maximum atomic E-state index is 12.7. The molecular weight excluding hydrogens is 340 g/mol. The lowest BCUT2D eigenvalue weighted by atomic mass is 10.1. The second-order valence-corrected chi connectivity index (χ2v) is 7.16. The first-order chi connectivity index (χ1) is 13.1. The van der Waals surface area contributed by atoms with Gasteiger partial charge in [0.05, 0.1) is 25.9 Å². The summed E-state index contributed by atoms with van der Waals surface area (Å²) >= 11 is 0. The van der Waals surface area contributed by atoms with Gasteiger partial charge in [-0.1, -0.05) is 31.9 Å². The fourth-order valence-electron chi connectivity index (χ4n) is 3.85. The highest BCUT2D eigenvalue weighted by Gasteiger charge is 2.22. The molecule has 1 aromatic carbocycles.